The van der Waals surface area contributed by atoms with Crippen LogP contribution < -0.4 is 5.56 Å². The molecule has 2 aromatic carbocycles. The van der Waals surface area contributed by atoms with Crippen molar-refractivity contribution in [2.45, 2.75) is 26.8 Å². The molecule has 0 saturated carbocycles. The smallest absolute Gasteiger partial charge is 0.277 e. The fourth-order valence-electron chi connectivity index (χ4n) is 2.54. The van der Waals surface area contributed by atoms with Crippen LogP contribution in [0.5, 0.6) is 0 Å². The van der Waals surface area contributed by atoms with Crippen LogP contribution in [0.3, 0.4) is 0 Å². The van der Waals surface area contributed by atoms with E-state index in [0.29, 0.717) is 12.2 Å². The normalized spacial score (nSPS) is 11.0. The van der Waals surface area contributed by atoms with Gasteiger partial charge in [0, 0.05) is 12.1 Å². The minimum Gasteiger partial charge on any atom is -0.305 e. The number of benzene rings is 2. The SMILES string of the molecule is CCCn1c(=O)c(-c2ccc(C)cc2)nc2ccccc21. The molecule has 0 aliphatic carbocycles. The van der Waals surface area contributed by atoms with Crippen molar-refractivity contribution < 1.29 is 0 Å². The predicted octanol–water partition coefficient (Wildman–Crippen LogP) is 3.78. The van der Waals surface area contributed by atoms with Crippen LogP contribution in [0.15, 0.2) is 53.3 Å². The Labute approximate surface area is 123 Å². The zero-order chi connectivity index (χ0) is 14.8. The van der Waals surface area contributed by atoms with E-state index in [4.69, 9.17) is 0 Å². The molecule has 0 N–H and O–H groups in total. The van der Waals surface area contributed by atoms with Crippen LogP contribution in [0.2, 0.25) is 0 Å². The number of fused-ring (bicyclic) bond motifs is 1. The Hall–Kier alpha value is -2.42. The average molecular weight is 278 g/mol. The highest BCUT2D eigenvalue weighted by molar-refractivity contribution is 5.77. The molecule has 0 amide bonds. The summed E-state index contributed by atoms with van der Waals surface area (Å²) in [6, 6.07) is 15.8. The standard InChI is InChI=1S/C18H18N2O/c1-3-12-20-16-7-5-4-6-15(16)19-17(18(20)21)14-10-8-13(2)9-11-14/h4-11H,3,12H2,1-2H3. The topological polar surface area (TPSA) is 34.9 Å². The van der Waals surface area contributed by atoms with Crippen molar-refractivity contribution in [1.82, 2.24) is 9.55 Å². The summed E-state index contributed by atoms with van der Waals surface area (Å²) in [6.07, 6.45) is 0.918. The maximum absolute atomic E-state index is 12.8. The molecule has 21 heavy (non-hydrogen) atoms. The molecule has 3 nitrogen and oxygen atoms in total. The third kappa shape index (κ3) is 2.47. The van der Waals surface area contributed by atoms with Gasteiger partial charge in [0.25, 0.3) is 5.56 Å². The van der Waals surface area contributed by atoms with E-state index in [1.54, 1.807) is 0 Å². The van der Waals surface area contributed by atoms with Gasteiger partial charge in [-0.2, -0.15) is 0 Å². The van der Waals surface area contributed by atoms with Gasteiger partial charge in [0.1, 0.15) is 5.69 Å². The number of hydrogen-bond acceptors (Lipinski definition) is 2. The first kappa shape index (κ1) is 13.6. The quantitative estimate of drug-likeness (QED) is 0.730. The lowest BCUT2D eigenvalue weighted by atomic mass is 10.1. The first-order valence-electron chi connectivity index (χ1n) is 7.27. The van der Waals surface area contributed by atoms with Gasteiger partial charge in [-0.05, 0) is 25.5 Å². The second kappa shape index (κ2) is 5.52. The Kier molecular flexibility index (Phi) is 3.57. The maximum atomic E-state index is 12.8. The van der Waals surface area contributed by atoms with E-state index < -0.39 is 0 Å². The van der Waals surface area contributed by atoms with Gasteiger partial charge in [-0.3, -0.25) is 4.79 Å². The average Bonchev–Trinajstić information content (AvgIpc) is 2.51. The highest BCUT2D eigenvalue weighted by atomic mass is 16.1. The lowest BCUT2D eigenvalue weighted by molar-refractivity contribution is 0.676. The molecule has 106 valence electrons. The zero-order valence-corrected chi connectivity index (χ0v) is 12.3. The van der Waals surface area contributed by atoms with Gasteiger partial charge in [-0.15, -0.1) is 0 Å². The van der Waals surface area contributed by atoms with Crippen LogP contribution >= 0.6 is 0 Å². The second-order valence-corrected chi connectivity index (χ2v) is 5.27. The van der Waals surface area contributed by atoms with Gasteiger partial charge in [0.15, 0.2) is 0 Å². The minimum atomic E-state index is -0.0144. The monoisotopic (exact) mass is 278 g/mol. The van der Waals surface area contributed by atoms with E-state index in [1.807, 2.05) is 60.0 Å². The molecule has 0 aliphatic rings. The molecule has 0 spiro atoms. The highest BCUT2D eigenvalue weighted by Gasteiger charge is 2.11. The third-order valence-electron chi connectivity index (χ3n) is 3.62. The van der Waals surface area contributed by atoms with Crippen molar-refractivity contribution in [3.63, 3.8) is 0 Å². The van der Waals surface area contributed by atoms with Crippen molar-refractivity contribution in [3.05, 3.63) is 64.4 Å². The molecule has 0 fully saturated rings. The lowest BCUT2D eigenvalue weighted by Gasteiger charge is -2.11. The summed E-state index contributed by atoms with van der Waals surface area (Å²) in [5, 5.41) is 0. The predicted molar refractivity (Wildman–Crippen MR) is 86.5 cm³/mol. The molecular weight excluding hydrogens is 260 g/mol. The van der Waals surface area contributed by atoms with E-state index in [9.17, 15) is 4.79 Å². The summed E-state index contributed by atoms with van der Waals surface area (Å²) in [5.41, 5.74) is 4.33. The first-order chi connectivity index (χ1) is 10.2. The molecule has 0 bridgehead atoms. The highest BCUT2D eigenvalue weighted by Crippen LogP contribution is 2.18. The molecule has 0 saturated heterocycles. The van der Waals surface area contributed by atoms with Gasteiger partial charge in [-0.25, -0.2) is 4.98 Å². The summed E-state index contributed by atoms with van der Waals surface area (Å²) in [6.45, 7) is 4.82. The molecule has 0 radical (unpaired) electrons. The second-order valence-electron chi connectivity index (χ2n) is 5.27. The van der Waals surface area contributed by atoms with Crippen LogP contribution in [-0.4, -0.2) is 9.55 Å². The van der Waals surface area contributed by atoms with E-state index >= 15 is 0 Å². The van der Waals surface area contributed by atoms with Gasteiger partial charge >= 0.3 is 0 Å². The maximum Gasteiger partial charge on any atom is 0.277 e. The van der Waals surface area contributed by atoms with Crippen LogP contribution in [0.25, 0.3) is 22.3 Å². The molecule has 1 aromatic heterocycles. The minimum absolute atomic E-state index is 0.0144. The molecular formula is C18H18N2O. The number of aryl methyl sites for hydroxylation is 2. The molecule has 0 unspecified atom stereocenters. The Morgan fingerprint density at radius 1 is 1.05 bits per heavy atom. The van der Waals surface area contributed by atoms with Crippen molar-refractivity contribution in [3.8, 4) is 11.3 Å². The zero-order valence-electron chi connectivity index (χ0n) is 12.3. The van der Waals surface area contributed by atoms with Crippen LogP contribution in [0.1, 0.15) is 18.9 Å². The van der Waals surface area contributed by atoms with Crippen molar-refractivity contribution >= 4 is 11.0 Å². The molecule has 0 aliphatic heterocycles. The summed E-state index contributed by atoms with van der Waals surface area (Å²) in [4.78, 5) is 17.3. The van der Waals surface area contributed by atoms with Gasteiger partial charge < -0.3 is 4.57 Å². The largest absolute Gasteiger partial charge is 0.305 e. The van der Waals surface area contributed by atoms with Crippen LogP contribution in [0.4, 0.5) is 0 Å². The van der Waals surface area contributed by atoms with E-state index in [1.165, 1.54) is 5.56 Å². The Morgan fingerprint density at radius 3 is 2.48 bits per heavy atom. The van der Waals surface area contributed by atoms with Crippen molar-refractivity contribution in [2.24, 2.45) is 0 Å². The first-order valence-corrected chi connectivity index (χ1v) is 7.27. The summed E-state index contributed by atoms with van der Waals surface area (Å²) in [5.74, 6) is 0. The van der Waals surface area contributed by atoms with Crippen LogP contribution in [0, 0.1) is 6.92 Å². The number of aromatic nitrogens is 2. The Bertz CT molecular complexity index is 832. The van der Waals surface area contributed by atoms with Gasteiger partial charge in [0.2, 0.25) is 0 Å². The third-order valence-corrected chi connectivity index (χ3v) is 3.62. The van der Waals surface area contributed by atoms with Crippen molar-refractivity contribution in [2.75, 3.05) is 0 Å². The Morgan fingerprint density at radius 2 is 1.76 bits per heavy atom. The summed E-state index contributed by atoms with van der Waals surface area (Å²) >= 11 is 0. The molecule has 3 aromatic rings. The van der Waals surface area contributed by atoms with Crippen molar-refractivity contribution in [1.29, 1.82) is 0 Å². The fraction of sp³-hybridized carbons (Fsp3) is 0.222. The molecule has 3 heteroatoms. The fourth-order valence-corrected chi connectivity index (χ4v) is 2.54. The number of hydrogen-bond donors (Lipinski definition) is 0. The van der Waals surface area contributed by atoms with E-state index in [0.717, 1.165) is 23.0 Å². The number of para-hydroxylation sites is 2. The van der Waals surface area contributed by atoms with E-state index in [2.05, 4.69) is 11.9 Å². The number of rotatable bonds is 3. The molecule has 0 atom stereocenters. The summed E-state index contributed by atoms with van der Waals surface area (Å²) in [7, 11) is 0. The summed E-state index contributed by atoms with van der Waals surface area (Å²) < 4.78 is 1.83. The van der Waals surface area contributed by atoms with Crippen LogP contribution in [-0.2, 0) is 6.54 Å². The molecule has 3 rings (SSSR count). The van der Waals surface area contributed by atoms with Gasteiger partial charge in [0.05, 0.1) is 11.0 Å². The van der Waals surface area contributed by atoms with E-state index in [-0.39, 0.29) is 5.56 Å². The molecule has 1 heterocycles. The number of nitrogens with zero attached hydrogens (tertiary/aromatic N) is 2. The van der Waals surface area contributed by atoms with Gasteiger partial charge in [-0.1, -0.05) is 48.9 Å². The lowest BCUT2D eigenvalue weighted by Crippen LogP contribution is -2.23. The Balaban J connectivity index is 2.30.